The van der Waals surface area contributed by atoms with Crippen molar-refractivity contribution in [2.75, 3.05) is 6.61 Å². The molecule has 4 aromatic rings. The molecular weight excluding hydrogens is 499 g/mol. The lowest BCUT2D eigenvalue weighted by molar-refractivity contribution is -0.137. The van der Waals surface area contributed by atoms with Crippen molar-refractivity contribution in [3.63, 3.8) is 0 Å². The van der Waals surface area contributed by atoms with Gasteiger partial charge in [0.1, 0.15) is 5.75 Å². The molecule has 0 spiro atoms. The fourth-order valence-corrected chi connectivity index (χ4v) is 3.66. The van der Waals surface area contributed by atoms with Gasteiger partial charge >= 0.3 is 6.18 Å². The normalized spacial score (nSPS) is 11.9. The maximum Gasteiger partial charge on any atom is 0.416 e. The van der Waals surface area contributed by atoms with Crippen LogP contribution < -0.4 is 10.3 Å². The summed E-state index contributed by atoms with van der Waals surface area (Å²) in [6, 6.07) is 16.6. The van der Waals surface area contributed by atoms with Crippen molar-refractivity contribution in [2.45, 2.75) is 13.1 Å². The van der Waals surface area contributed by atoms with E-state index in [9.17, 15) is 18.0 Å². The van der Waals surface area contributed by atoms with Crippen molar-refractivity contribution >= 4 is 33.0 Å². The molecule has 0 radical (unpaired) electrons. The molecule has 3 aromatic carbocycles. The lowest BCUT2D eigenvalue weighted by atomic mass is 10.1. The number of rotatable bonds is 5. The van der Waals surface area contributed by atoms with E-state index in [0.29, 0.717) is 28.8 Å². The SMILES string of the molecule is CCOc1ccc(Br)cc1C=Nn1c(-c2cccc(C(F)(F)F)c2)nc2ccccc2c1=O. The molecule has 0 unspecified atom stereocenters. The Morgan fingerprint density at radius 1 is 1.09 bits per heavy atom. The summed E-state index contributed by atoms with van der Waals surface area (Å²) < 4.78 is 47.3. The van der Waals surface area contributed by atoms with Gasteiger partial charge in [0.2, 0.25) is 0 Å². The van der Waals surface area contributed by atoms with Gasteiger partial charge in [0.25, 0.3) is 5.56 Å². The van der Waals surface area contributed by atoms with E-state index < -0.39 is 17.3 Å². The minimum Gasteiger partial charge on any atom is -0.493 e. The highest BCUT2D eigenvalue weighted by Gasteiger charge is 2.31. The van der Waals surface area contributed by atoms with Gasteiger partial charge in [-0.1, -0.05) is 40.2 Å². The fraction of sp³-hybridized carbons (Fsp3) is 0.125. The Kier molecular flexibility index (Phi) is 6.33. The van der Waals surface area contributed by atoms with Gasteiger partial charge in [0.05, 0.1) is 29.3 Å². The number of fused-ring (bicyclic) bond motifs is 1. The van der Waals surface area contributed by atoms with E-state index >= 15 is 0 Å². The molecule has 168 valence electrons. The van der Waals surface area contributed by atoms with E-state index in [1.54, 1.807) is 42.5 Å². The molecule has 0 saturated carbocycles. The van der Waals surface area contributed by atoms with Gasteiger partial charge < -0.3 is 4.74 Å². The molecule has 0 N–H and O–H groups in total. The van der Waals surface area contributed by atoms with E-state index in [0.717, 1.165) is 21.3 Å². The summed E-state index contributed by atoms with van der Waals surface area (Å²) in [4.78, 5) is 17.7. The van der Waals surface area contributed by atoms with Gasteiger partial charge in [-0.3, -0.25) is 4.79 Å². The number of aromatic nitrogens is 2. The molecular formula is C24H17BrF3N3O2. The summed E-state index contributed by atoms with van der Waals surface area (Å²) in [7, 11) is 0. The monoisotopic (exact) mass is 515 g/mol. The average molecular weight is 516 g/mol. The van der Waals surface area contributed by atoms with E-state index in [1.165, 1.54) is 18.3 Å². The minimum absolute atomic E-state index is 0.00555. The second-order valence-electron chi connectivity index (χ2n) is 7.01. The van der Waals surface area contributed by atoms with E-state index in [2.05, 4.69) is 26.0 Å². The number of nitrogens with zero attached hydrogens (tertiary/aromatic N) is 3. The zero-order valence-corrected chi connectivity index (χ0v) is 18.9. The third-order valence-electron chi connectivity index (χ3n) is 4.79. The summed E-state index contributed by atoms with van der Waals surface area (Å²) in [6.45, 7) is 2.27. The predicted molar refractivity (Wildman–Crippen MR) is 125 cm³/mol. The zero-order valence-electron chi connectivity index (χ0n) is 17.3. The number of hydrogen-bond acceptors (Lipinski definition) is 4. The summed E-state index contributed by atoms with van der Waals surface area (Å²) in [5.41, 5.74) is -0.287. The molecule has 0 aliphatic rings. The Bertz CT molecular complexity index is 1410. The van der Waals surface area contributed by atoms with Crippen LogP contribution in [0.5, 0.6) is 5.75 Å². The first-order valence-electron chi connectivity index (χ1n) is 9.94. The van der Waals surface area contributed by atoms with Crippen molar-refractivity contribution < 1.29 is 17.9 Å². The highest BCUT2D eigenvalue weighted by molar-refractivity contribution is 9.10. The van der Waals surface area contributed by atoms with Crippen LogP contribution in [0.4, 0.5) is 13.2 Å². The molecule has 0 saturated heterocycles. The van der Waals surface area contributed by atoms with E-state index in [4.69, 9.17) is 4.74 Å². The number of benzene rings is 3. The molecule has 0 aliphatic carbocycles. The fourth-order valence-electron chi connectivity index (χ4n) is 3.28. The van der Waals surface area contributed by atoms with Gasteiger partial charge in [-0.2, -0.15) is 22.9 Å². The Hall–Kier alpha value is -3.46. The van der Waals surface area contributed by atoms with Crippen LogP contribution in [0, 0.1) is 0 Å². The van der Waals surface area contributed by atoms with Crippen LogP contribution in [-0.4, -0.2) is 22.5 Å². The Morgan fingerprint density at radius 2 is 1.88 bits per heavy atom. The number of hydrogen-bond donors (Lipinski definition) is 0. The molecule has 0 amide bonds. The van der Waals surface area contributed by atoms with Crippen molar-refractivity contribution in [1.82, 2.24) is 9.66 Å². The Balaban J connectivity index is 1.94. The molecule has 5 nitrogen and oxygen atoms in total. The molecule has 1 heterocycles. The summed E-state index contributed by atoms with van der Waals surface area (Å²) >= 11 is 3.39. The van der Waals surface area contributed by atoms with Gasteiger partial charge in [0, 0.05) is 15.6 Å². The lowest BCUT2D eigenvalue weighted by Crippen LogP contribution is -2.20. The molecule has 4 rings (SSSR count). The molecule has 0 atom stereocenters. The highest BCUT2D eigenvalue weighted by atomic mass is 79.9. The number of ether oxygens (including phenoxy) is 1. The van der Waals surface area contributed by atoms with Crippen LogP contribution in [0.25, 0.3) is 22.3 Å². The van der Waals surface area contributed by atoms with Crippen LogP contribution in [0.3, 0.4) is 0 Å². The topological polar surface area (TPSA) is 56.5 Å². The van der Waals surface area contributed by atoms with Crippen LogP contribution >= 0.6 is 15.9 Å². The third kappa shape index (κ3) is 4.83. The molecule has 0 fully saturated rings. The Morgan fingerprint density at radius 3 is 2.64 bits per heavy atom. The quantitative estimate of drug-likeness (QED) is 0.300. The van der Waals surface area contributed by atoms with Crippen molar-refractivity contribution in [2.24, 2.45) is 5.10 Å². The van der Waals surface area contributed by atoms with Gasteiger partial charge in [0.15, 0.2) is 5.82 Å². The minimum atomic E-state index is -4.54. The molecule has 9 heteroatoms. The van der Waals surface area contributed by atoms with Crippen molar-refractivity contribution in [1.29, 1.82) is 0 Å². The zero-order chi connectivity index (χ0) is 23.6. The highest BCUT2D eigenvalue weighted by Crippen LogP contribution is 2.32. The first-order chi connectivity index (χ1) is 15.8. The Labute approximate surface area is 195 Å². The van der Waals surface area contributed by atoms with E-state index in [-0.39, 0.29) is 11.4 Å². The lowest BCUT2D eigenvalue weighted by Gasteiger charge is -2.12. The predicted octanol–water partition coefficient (Wildman–Crippen LogP) is 6.13. The molecule has 33 heavy (non-hydrogen) atoms. The molecule has 0 aliphatic heterocycles. The molecule has 1 aromatic heterocycles. The summed E-state index contributed by atoms with van der Waals surface area (Å²) in [6.07, 6.45) is -3.12. The van der Waals surface area contributed by atoms with E-state index in [1.807, 2.05) is 6.92 Å². The van der Waals surface area contributed by atoms with Crippen LogP contribution in [-0.2, 0) is 6.18 Å². The smallest absolute Gasteiger partial charge is 0.416 e. The summed E-state index contributed by atoms with van der Waals surface area (Å²) in [5.74, 6) is 0.542. The van der Waals surface area contributed by atoms with Crippen molar-refractivity contribution in [3.8, 4) is 17.1 Å². The average Bonchev–Trinajstić information content (AvgIpc) is 2.79. The van der Waals surface area contributed by atoms with Gasteiger partial charge in [-0.05, 0) is 49.4 Å². The standard InChI is InChI=1S/C24H17BrF3N3O2/c1-2-33-21-11-10-18(25)13-16(21)14-29-31-22(15-6-5-7-17(12-15)24(26,27)28)30-20-9-4-3-8-19(20)23(31)32/h3-14H,2H2,1H3. The number of halogens is 4. The first kappa shape index (κ1) is 22.7. The first-order valence-corrected chi connectivity index (χ1v) is 10.7. The maximum atomic E-state index is 13.3. The largest absolute Gasteiger partial charge is 0.493 e. The van der Waals surface area contributed by atoms with Crippen LogP contribution in [0.2, 0.25) is 0 Å². The third-order valence-corrected chi connectivity index (χ3v) is 5.28. The van der Waals surface area contributed by atoms with Crippen molar-refractivity contribution in [3.05, 3.63) is 92.7 Å². The second-order valence-corrected chi connectivity index (χ2v) is 7.92. The molecule has 0 bridgehead atoms. The van der Waals surface area contributed by atoms with Gasteiger partial charge in [-0.15, -0.1) is 0 Å². The summed E-state index contributed by atoms with van der Waals surface area (Å²) in [5, 5.41) is 4.61. The second kappa shape index (κ2) is 9.19. The van der Waals surface area contributed by atoms with Gasteiger partial charge in [-0.25, -0.2) is 4.98 Å². The number of alkyl halides is 3. The maximum absolute atomic E-state index is 13.3. The van der Waals surface area contributed by atoms with Crippen LogP contribution in [0.15, 0.2) is 81.1 Å². The number of para-hydroxylation sites is 1. The van der Waals surface area contributed by atoms with Crippen LogP contribution in [0.1, 0.15) is 18.1 Å².